The van der Waals surface area contributed by atoms with Gasteiger partial charge in [0.25, 0.3) is 0 Å². The SMILES string of the molecule is CCOc1ccc2c(c1)CN(Cc1coc(-c3ccc(OC)cc3)n1)CC2. The van der Waals surface area contributed by atoms with Gasteiger partial charge in [0.1, 0.15) is 17.8 Å². The molecule has 0 N–H and O–H groups in total. The van der Waals surface area contributed by atoms with Crippen molar-refractivity contribution in [1.29, 1.82) is 0 Å². The minimum Gasteiger partial charge on any atom is -0.497 e. The van der Waals surface area contributed by atoms with Gasteiger partial charge < -0.3 is 13.9 Å². The summed E-state index contributed by atoms with van der Waals surface area (Å²) in [7, 11) is 1.66. The Labute approximate surface area is 159 Å². The van der Waals surface area contributed by atoms with Gasteiger partial charge in [-0.15, -0.1) is 0 Å². The maximum atomic E-state index is 5.69. The van der Waals surface area contributed by atoms with Gasteiger partial charge in [-0.3, -0.25) is 4.90 Å². The van der Waals surface area contributed by atoms with Gasteiger partial charge in [-0.1, -0.05) is 6.07 Å². The summed E-state index contributed by atoms with van der Waals surface area (Å²) in [4.78, 5) is 7.06. The molecule has 0 unspecified atom stereocenters. The number of hydrogen-bond donors (Lipinski definition) is 0. The van der Waals surface area contributed by atoms with Crippen LogP contribution in [0.15, 0.2) is 53.1 Å². The monoisotopic (exact) mass is 364 g/mol. The highest BCUT2D eigenvalue weighted by Gasteiger charge is 2.18. The van der Waals surface area contributed by atoms with Gasteiger partial charge in [0.05, 0.1) is 19.4 Å². The highest BCUT2D eigenvalue weighted by Crippen LogP contribution is 2.26. The van der Waals surface area contributed by atoms with E-state index >= 15 is 0 Å². The lowest BCUT2D eigenvalue weighted by atomic mass is 9.99. The number of benzene rings is 2. The van der Waals surface area contributed by atoms with Gasteiger partial charge in [-0.2, -0.15) is 0 Å². The number of aromatic nitrogens is 1. The lowest BCUT2D eigenvalue weighted by Gasteiger charge is -2.28. The Morgan fingerprint density at radius 2 is 1.89 bits per heavy atom. The van der Waals surface area contributed by atoms with Crippen molar-refractivity contribution >= 4 is 0 Å². The molecule has 0 radical (unpaired) electrons. The van der Waals surface area contributed by atoms with E-state index in [0.29, 0.717) is 12.5 Å². The van der Waals surface area contributed by atoms with Crippen molar-refractivity contribution < 1.29 is 13.9 Å². The Bertz CT molecular complexity index is 902. The fourth-order valence-electron chi connectivity index (χ4n) is 3.46. The van der Waals surface area contributed by atoms with E-state index in [1.54, 1.807) is 13.4 Å². The minimum absolute atomic E-state index is 0.642. The van der Waals surface area contributed by atoms with E-state index in [2.05, 4.69) is 28.1 Å². The van der Waals surface area contributed by atoms with E-state index in [1.807, 2.05) is 31.2 Å². The molecule has 5 heteroatoms. The highest BCUT2D eigenvalue weighted by atomic mass is 16.5. The third-order valence-electron chi connectivity index (χ3n) is 4.85. The molecule has 0 saturated carbocycles. The number of nitrogens with zero attached hydrogens (tertiary/aromatic N) is 2. The molecule has 4 rings (SSSR count). The second kappa shape index (κ2) is 7.84. The fourth-order valence-corrected chi connectivity index (χ4v) is 3.46. The van der Waals surface area contributed by atoms with Crippen LogP contribution in [0.1, 0.15) is 23.7 Å². The molecule has 0 bridgehead atoms. The van der Waals surface area contributed by atoms with E-state index in [4.69, 9.17) is 13.9 Å². The van der Waals surface area contributed by atoms with Crippen LogP contribution in [-0.4, -0.2) is 30.1 Å². The van der Waals surface area contributed by atoms with E-state index in [1.165, 1.54) is 11.1 Å². The number of ether oxygens (including phenoxy) is 2. The van der Waals surface area contributed by atoms with E-state index in [-0.39, 0.29) is 0 Å². The molecule has 1 aliphatic heterocycles. The van der Waals surface area contributed by atoms with E-state index in [0.717, 1.165) is 48.8 Å². The van der Waals surface area contributed by atoms with Crippen LogP contribution in [0.25, 0.3) is 11.5 Å². The topological polar surface area (TPSA) is 47.7 Å². The Morgan fingerprint density at radius 3 is 2.67 bits per heavy atom. The van der Waals surface area contributed by atoms with Gasteiger partial charge in [-0.05, 0) is 60.9 Å². The fraction of sp³-hybridized carbons (Fsp3) is 0.318. The van der Waals surface area contributed by atoms with Gasteiger partial charge >= 0.3 is 0 Å². The summed E-state index contributed by atoms with van der Waals surface area (Å²) in [6.07, 6.45) is 2.80. The summed E-state index contributed by atoms with van der Waals surface area (Å²) >= 11 is 0. The van der Waals surface area contributed by atoms with Gasteiger partial charge in [0.15, 0.2) is 0 Å². The molecule has 0 atom stereocenters. The number of fused-ring (bicyclic) bond motifs is 1. The van der Waals surface area contributed by atoms with Crippen LogP contribution in [0.3, 0.4) is 0 Å². The van der Waals surface area contributed by atoms with Crippen molar-refractivity contribution in [3.8, 4) is 23.0 Å². The molecule has 0 aliphatic carbocycles. The van der Waals surface area contributed by atoms with Crippen LogP contribution in [-0.2, 0) is 19.5 Å². The summed E-state index contributed by atoms with van der Waals surface area (Å²) in [5, 5.41) is 0. The number of rotatable bonds is 6. The second-order valence-corrected chi connectivity index (χ2v) is 6.70. The highest BCUT2D eigenvalue weighted by molar-refractivity contribution is 5.54. The first kappa shape index (κ1) is 17.6. The minimum atomic E-state index is 0.642. The average Bonchev–Trinajstić information content (AvgIpc) is 3.16. The van der Waals surface area contributed by atoms with Crippen molar-refractivity contribution in [2.24, 2.45) is 0 Å². The van der Waals surface area contributed by atoms with Crippen LogP contribution in [0.5, 0.6) is 11.5 Å². The normalized spacial score (nSPS) is 14.0. The summed E-state index contributed by atoms with van der Waals surface area (Å²) in [5.41, 5.74) is 4.65. The number of oxazole rings is 1. The molecule has 0 fully saturated rings. The summed E-state index contributed by atoms with van der Waals surface area (Å²) in [6, 6.07) is 14.2. The Morgan fingerprint density at radius 1 is 1.07 bits per heavy atom. The zero-order valence-electron chi connectivity index (χ0n) is 15.8. The molecule has 140 valence electrons. The van der Waals surface area contributed by atoms with Crippen LogP contribution >= 0.6 is 0 Å². The van der Waals surface area contributed by atoms with Gasteiger partial charge in [-0.25, -0.2) is 4.98 Å². The van der Waals surface area contributed by atoms with Crippen molar-refractivity contribution in [1.82, 2.24) is 9.88 Å². The zero-order valence-corrected chi connectivity index (χ0v) is 15.8. The summed E-state index contributed by atoms with van der Waals surface area (Å²) in [5.74, 6) is 2.41. The van der Waals surface area contributed by atoms with E-state index in [9.17, 15) is 0 Å². The molecule has 3 aromatic rings. The maximum absolute atomic E-state index is 5.69. The standard InChI is InChI=1S/C22H24N2O3/c1-3-26-21-9-4-16-10-11-24(13-18(16)12-21)14-19-15-27-22(23-19)17-5-7-20(25-2)8-6-17/h4-9,12,15H,3,10-11,13-14H2,1-2H3. The predicted octanol–water partition coefficient (Wildman–Crippen LogP) is 4.31. The first-order valence-corrected chi connectivity index (χ1v) is 9.31. The summed E-state index contributed by atoms with van der Waals surface area (Å²) < 4.78 is 16.5. The maximum Gasteiger partial charge on any atom is 0.226 e. The molecular formula is C22H24N2O3. The average molecular weight is 364 g/mol. The number of methoxy groups -OCH3 is 1. The van der Waals surface area contributed by atoms with Crippen molar-refractivity contribution in [3.05, 3.63) is 65.5 Å². The molecule has 2 aromatic carbocycles. The van der Waals surface area contributed by atoms with Crippen LogP contribution in [0.2, 0.25) is 0 Å². The predicted molar refractivity (Wildman–Crippen MR) is 104 cm³/mol. The van der Waals surface area contributed by atoms with E-state index < -0.39 is 0 Å². The quantitative estimate of drug-likeness (QED) is 0.652. The smallest absolute Gasteiger partial charge is 0.226 e. The zero-order chi connectivity index (χ0) is 18.6. The summed E-state index contributed by atoms with van der Waals surface area (Å²) in [6.45, 7) is 5.40. The van der Waals surface area contributed by atoms with Crippen molar-refractivity contribution in [2.75, 3.05) is 20.3 Å². The first-order chi connectivity index (χ1) is 13.2. The van der Waals surface area contributed by atoms with Crippen molar-refractivity contribution in [3.63, 3.8) is 0 Å². The Kier molecular flexibility index (Phi) is 5.12. The second-order valence-electron chi connectivity index (χ2n) is 6.70. The van der Waals surface area contributed by atoms with Crippen LogP contribution in [0, 0.1) is 0 Å². The first-order valence-electron chi connectivity index (χ1n) is 9.31. The van der Waals surface area contributed by atoms with Crippen molar-refractivity contribution in [2.45, 2.75) is 26.4 Å². The molecule has 1 aromatic heterocycles. The lowest BCUT2D eigenvalue weighted by molar-refractivity contribution is 0.241. The molecule has 5 nitrogen and oxygen atoms in total. The van der Waals surface area contributed by atoms with Crippen LogP contribution in [0.4, 0.5) is 0 Å². The van der Waals surface area contributed by atoms with Gasteiger partial charge in [0, 0.05) is 25.2 Å². The molecule has 2 heterocycles. The van der Waals surface area contributed by atoms with Gasteiger partial charge in [0.2, 0.25) is 5.89 Å². The molecule has 27 heavy (non-hydrogen) atoms. The largest absolute Gasteiger partial charge is 0.497 e. The molecule has 0 spiro atoms. The molecule has 1 aliphatic rings. The molecular weight excluding hydrogens is 340 g/mol. The third kappa shape index (κ3) is 3.98. The molecule has 0 amide bonds. The number of hydrogen-bond acceptors (Lipinski definition) is 5. The van der Waals surface area contributed by atoms with Crippen LogP contribution < -0.4 is 9.47 Å². The molecule has 0 saturated heterocycles. The third-order valence-corrected chi connectivity index (χ3v) is 4.85. The Balaban J connectivity index is 1.44. The Hall–Kier alpha value is -2.79. The lowest BCUT2D eigenvalue weighted by Crippen LogP contribution is -2.30.